The normalized spacial score (nSPS) is 15.7. The van der Waals surface area contributed by atoms with Gasteiger partial charge in [-0.15, -0.1) is 5.10 Å². The maximum Gasteiger partial charge on any atom is 0.289 e. The van der Waals surface area contributed by atoms with E-state index in [0.29, 0.717) is 18.8 Å². The zero-order valence-electron chi connectivity index (χ0n) is 14.2. The molecular formula is C17H21N5O3. The van der Waals surface area contributed by atoms with Crippen LogP contribution in [0.2, 0.25) is 0 Å². The molecule has 3 heterocycles. The van der Waals surface area contributed by atoms with Crippen molar-refractivity contribution in [2.75, 3.05) is 18.8 Å². The van der Waals surface area contributed by atoms with E-state index >= 15 is 0 Å². The Kier molecular flexibility index (Phi) is 4.51. The van der Waals surface area contributed by atoms with Gasteiger partial charge in [-0.3, -0.25) is 9.89 Å². The monoisotopic (exact) mass is 343 g/mol. The summed E-state index contributed by atoms with van der Waals surface area (Å²) in [5.74, 6) is 7.06. The van der Waals surface area contributed by atoms with Crippen LogP contribution in [-0.2, 0) is 0 Å². The molecule has 0 aromatic carbocycles. The van der Waals surface area contributed by atoms with Crippen molar-refractivity contribution >= 4 is 11.9 Å². The predicted molar refractivity (Wildman–Crippen MR) is 90.6 cm³/mol. The van der Waals surface area contributed by atoms with Gasteiger partial charge < -0.3 is 20.2 Å². The number of anilines is 1. The van der Waals surface area contributed by atoms with Gasteiger partial charge in [-0.1, -0.05) is 5.92 Å². The van der Waals surface area contributed by atoms with E-state index in [0.717, 1.165) is 18.7 Å². The van der Waals surface area contributed by atoms with E-state index in [1.807, 2.05) is 0 Å². The summed E-state index contributed by atoms with van der Waals surface area (Å²) < 4.78 is 5.49. The highest BCUT2D eigenvalue weighted by atomic mass is 16.4. The molecule has 8 heteroatoms. The fourth-order valence-electron chi connectivity index (χ4n) is 2.72. The third-order valence-corrected chi connectivity index (χ3v) is 4.00. The van der Waals surface area contributed by atoms with Crippen molar-refractivity contribution in [3.63, 3.8) is 0 Å². The maximum atomic E-state index is 12.5. The van der Waals surface area contributed by atoms with E-state index in [9.17, 15) is 9.90 Å². The van der Waals surface area contributed by atoms with Crippen molar-refractivity contribution in [1.29, 1.82) is 0 Å². The fourth-order valence-corrected chi connectivity index (χ4v) is 2.72. The molecule has 0 bridgehead atoms. The van der Waals surface area contributed by atoms with Crippen LogP contribution < -0.4 is 5.73 Å². The number of likely N-dealkylation sites (tertiary alicyclic amines) is 1. The molecule has 1 aliphatic heterocycles. The number of amides is 1. The molecule has 0 spiro atoms. The third-order valence-electron chi connectivity index (χ3n) is 4.00. The van der Waals surface area contributed by atoms with Crippen molar-refractivity contribution in [3.8, 4) is 11.8 Å². The number of nitrogens with two attached hydrogens (primary N) is 1. The molecule has 1 amide bonds. The predicted octanol–water partition coefficient (Wildman–Crippen LogP) is 1.12. The first-order chi connectivity index (χ1) is 11.8. The molecule has 8 nitrogen and oxygen atoms in total. The molecule has 2 aromatic rings. The number of aromatic nitrogens is 3. The van der Waals surface area contributed by atoms with Crippen LogP contribution in [0.1, 0.15) is 54.7 Å². The molecule has 0 aliphatic carbocycles. The highest BCUT2D eigenvalue weighted by molar-refractivity contribution is 5.91. The van der Waals surface area contributed by atoms with E-state index in [4.69, 9.17) is 10.2 Å². The van der Waals surface area contributed by atoms with Gasteiger partial charge in [0.15, 0.2) is 11.5 Å². The molecule has 0 unspecified atom stereocenters. The molecule has 0 radical (unpaired) electrons. The zero-order valence-corrected chi connectivity index (χ0v) is 14.2. The van der Waals surface area contributed by atoms with E-state index in [-0.39, 0.29) is 23.5 Å². The summed E-state index contributed by atoms with van der Waals surface area (Å²) in [5.41, 5.74) is 4.43. The number of nitrogen functional groups attached to an aromatic ring is 1. The first-order valence-corrected chi connectivity index (χ1v) is 8.14. The Morgan fingerprint density at radius 1 is 1.44 bits per heavy atom. The average molecular weight is 343 g/mol. The first-order valence-electron chi connectivity index (χ1n) is 8.14. The molecule has 1 saturated heterocycles. The third kappa shape index (κ3) is 4.19. The number of rotatable bonds is 2. The molecule has 2 aromatic heterocycles. The number of hydrogen-bond acceptors (Lipinski definition) is 6. The van der Waals surface area contributed by atoms with Crippen LogP contribution in [0.25, 0.3) is 0 Å². The lowest BCUT2D eigenvalue weighted by Gasteiger charge is -2.30. The minimum Gasteiger partial charge on any atom is -0.443 e. The number of carbonyl (C=O) groups excluding carboxylic acids is 1. The Labute approximate surface area is 145 Å². The number of piperidine rings is 1. The largest absolute Gasteiger partial charge is 0.443 e. The molecule has 4 N–H and O–H groups in total. The lowest BCUT2D eigenvalue weighted by atomic mass is 9.96. The molecule has 0 saturated carbocycles. The van der Waals surface area contributed by atoms with Gasteiger partial charge in [0.05, 0.1) is 0 Å². The minimum absolute atomic E-state index is 0.160. The molecule has 0 atom stereocenters. The van der Waals surface area contributed by atoms with Gasteiger partial charge in [0.1, 0.15) is 11.4 Å². The summed E-state index contributed by atoms with van der Waals surface area (Å²) >= 11 is 0. The van der Waals surface area contributed by atoms with Gasteiger partial charge in [0.25, 0.3) is 5.91 Å². The Bertz CT molecular complexity index is 813. The highest BCUT2D eigenvalue weighted by Crippen LogP contribution is 2.26. The smallest absolute Gasteiger partial charge is 0.289 e. The number of aromatic amines is 1. The summed E-state index contributed by atoms with van der Waals surface area (Å²) in [5, 5.41) is 16.3. The Balaban J connectivity index is 1.61. The number of furan rings is 1. The van der Waals surface area contributed by atoms with Crippen LogP contribution in [0.5, 0.6) is 0 Å². The Hall–Kier alpha value is -2.79. The second-order valence-electron chi connectivity index (χ2n) is 6.62. The Morgan fingerprint density at radius 2 is 2.16 bits per heavy atom. The SMILES string of the molecule is CC(C)(O)C#Cc1ccc(C(=O)N2CCC(c3nc(N)n[nH]3)CC2)o1. The van der Waals surface area contributed by atoms with Crippen molar-refractivity contribution in [3.05, 3.63) is 29.5 Å². The minimum atomic E-state index is -1.11. The van der Waals surface area contributed by atoms with E-state index < -0.39 is 5.60 Å². The maximum absolute atomic E-state index is 12.5. The summed E-state index contributed by atoms with van der Waals surface area (Å²) in [7, 11) is 0. The number of carbonyl (C=O) groups is 1. The van der Waals surface area contributed by atoms with Crippen LogP contribution in [-0.4, -0.2) is 49.8 Å². The van der Waals surface area contributed by atoms with Crippen molar-refractivity contribution in [1.82, 2.24) is 20.1 Å². The lowest BCUT2D eigenvalue weighted by Crippen LogP contribution is -2.38. The molecule has 1 fully saturated rings. The molecule has 1 aliphatic rings. The van der Waals surface area contributed by atoms with Gasteiger partial charge in [0.2, 0.25) is 5.95 Å². The van der Waals surface area contributed by atoms with Crippen molar-refractivity contribution in [2.24, 2.45) is 0 Å². The van der Waals surface area contributed by atoms with Crippen molar-refractivity contribution < 1.29 is 14.3 Å². The number of H-pyrrole nitrogens is 1. The van der Waals surface area contributed by atoms with Crippen LogP contribution in [0.15, 0.2) is 16.5 Å². The standard InChI is InChI=1S/C17H21N5O3/c1-17(2,24)8-5-12-3-4-13(25-12)15(23)22-9-6-11(7-10-22)14-19-16(18)21-20-14/h3-4,11,24H,6-7,9-10H2,1-2H3,(H3,18,19,20,21). The number of hydrogen-bond donors (Lipinski definition) is 3. The summed E-state index contributed by atoms with van der Waals surface area (Å²) in [6.07, 6.45) is 1.57. The topological polar surface area (TPSA) is 121 Å². The number of nitrogens with zero attached hydrogens (tertiary/aromatic N) is 3. The summed E-state index contributed by atoms with van der Waals surface area (Å²) in [4.78, 5) is 18.5. The summed E-state index contributed by atoms with van der Waals surface area (Å²) in [6.45, 7) is 4.38. The number of aliphatic hydroxyl groups is 1. The van der Waals surface area contributed by atoms with Crippen LogP contribution >= 0.6 is 0 Å². The number of nitrogens with one attached hydrogen (secondary N) is 1. The fraction of sp³-hybridized carbons (Fsp3) is 0.471. The van der Waals surface area contributed by atoms with Crippen LogP contribution in [0.3, 0.4) is 0 Å². The van der Waals surface area contributed by atoms with Crippen LogP contribution in [0, 0.1) is 11.8 Å². The second kappa shape index (κ2) is 6.61. The van der Waals surface area contributed by atoms with Gasteiger partial charge in [-0.25, -0.2) is 0 Å². The van der Waals surface area contributed by atoms with Gasteiger partial charge >= 0.3 is 0 Å². The Morgan fingerprint density at radius 3 is 2.76 bits per heavy atom. The van der Waals surface area contributed by atoms with Gasteiger partial charge in [-0.2, -0.15) is 4.98 Å². The van der Waals surface area contributed by atoms with Gasteiger partial charge in [-0.05, 0) is 44.7 Å². The first kappa shape index (κ1) is 17.0. The average Bonchev–Trinajstić information content (AvgIpc) is 3.21. The molecular weight excluding hydrogens is 322 g/mol. The van der Waals surface area contributed by atoms with E-state index in [1.54, 1.807) is 30.9 Å². The molecule has 132 valence electrons. The highest BCUT2D eigenvalue weighted by Gasteiger charge is 2.27. The van der Waals surface area contributed by atoms with E-state index in [2.05, 4.69) is 27.0 Å². The second-order valence-corrected chi connectivity index (χ2v) is 6.62. The lowest BCUT2D eigenvalue weighted by molar-refractivity contribution is 0.0678. The van der Waals surface area contributed by atoms with Crippen molar-refractivity contribution in [2.45, 2.75) is 38.2 Å². The summed E-state index contributed by atoms with van der Waals surface area (Å²) in [6, 6.07) is 3.25. The molecule has 3 rings (SSSR count). The quantitative estimate of drug-likeness (QED) is 0.703. The molecule has 25 heavy (non-hydrogen) atoms. The zero-order chi connectivity index (χ0) is 18.0. The van der Waals surface area contributed by atoms with Crippen LogP contribution in [0.4, 0.5) is 5.95 Å². The van der Waals surface area contributed by atoms with Gasteiger partial charge in [0, 0.05) is 19.0 Å². The van der Waals surface area contributed by atoms with E-state index in [1.165, 1.54) is 0 Å².